The van der Waals surface area contributed by atoms with Gasteiger partial charge in [-0.3, -0.25) is 0 Å². The second-order valence-corrected chi connectivity index (χ2v) is 5.74. The fraction of sp³-hybridized carbons (Fsp3) is 0.647. The van der Waals surface area contributed by atoms with E-state index >= 15 is 0 Å². The van der Waals surface area contributed by atoms with Gasteiger partial charge in [0, 0.05) is 12.6 Å². The molecular formula is C17H27NO. The Bertz CT molecular complexity index is 369. The van der Waals surface area contributed by atoms with E-state index in [1.165, 1.54) is 44.1 Å². The lowest BCUT2D eigenvalue weighted by Crippen LogP contribution is -2.32. The molecule has 0 radical (unpaired) electrons. The van der Waals surface area contributed by atoms with Crippen molar-refractivity contribution < 1.29 is 4.74 Å². The summed E-state index contributed by atoms with van der Waals surface area (Å²) in [6.45, 7) is 3.26. The van der Waals surface area contributed by atoms with Crippen molar-refractivity contribution in [3.8, 4) is 5.75 Å². The number of hydrogen-bond donors (Lipinski definition) is 1. The molecule has 1 aromatic carbocycles. The summed E-state index contributed by atoms with van der Waals surface area (Å²) in [5.74, 6) is 1.94. The van der Waals surface area contributed by atoms with Gasteiger partial charge in [-0.1, -0.05) is 31.9 Å². The standard InChI is InChI=1S/C17H27NO/c1-3-5-14-8-10-16(11-9-14)18-13-15-6-4-7-17(12-15)19-2/h4,6-7,12,14,16,18H,3,5,8-11,13H2,1-2H3. The highest BCUT2D eigenvalue weighted by Gasteiger charge is 2.19. The van der Waals surface area contributed by atoms with Gasteiger partial charge in [-0.25, -0.2) is 0 Å². The molecule has 2 heteroatoms. The molecule has 1 aliphatic carbocycles. The quantitative estimate of drug-likeness (QED) is 0.831. The Labute approximate surface area is 117 Å². The largest absolute Gasteiger partial charge is 0.497 e. The van der Waals surface area contributed by atoms with Crippen LogP contribution in [-0.2, 0) is 6.54 Å². The Morgan fingerprint density at radius 3 is 2.68 bits per heavy atom. The summed E-state index contributed by atoms with van der Waals surface area (Å²) in [5, 5.41) is 3.70. The zero-order chi connectivity index (χ0) is 13.5. The average molecular weight is 261 g/mol. The van der Waals surface area contributed by atoms with Crippen LogP contribution in [0.1, 0.15) is 51.0 Å². The van der Waals surface area contributed by atoms with Gasteiger partial charge in [-0.2, -0.15) is 0 Å². The smallest absolute Gasteiger partial charge is 0.119 e. The van der Waals surface area contributed by atoms with Crippen molar-refractivity contribution in [2.45, 2.75) is 58.0 Å². The Morgan fingerprint density at radius 2 is 2.00 bits per heavy atom. The van der Waals surface area contributed by atoms with E-state index in [1.54, 1.807) is 7.11 Å². The molecule has 2 nitrogen and oxygen atoms in total. The van der Waals surface area contributed by atoms with Crippen molar-refractivity contribution in [1.82, 2.24) is 5.32 Å². The second-order valence-electron chi connectivity index (χ2n) is 5.74. The number of ether oxygens (including phenoxy) is 1. The average Bonchev–Trinajstić information content (AvgIpc) is 2.47. The molecule has 0 aromatic heterocycles. The molecule has 106 valence electrons. The fourth-order valence-corrected chi connectivity index (χ4v) is 3.11. The zero-order valence-corrected chi connectivity index (χ0v) is 12.3. The first-order valence-corrected chi connectivity index (χ1v) is 7.68. The van der Waals surface area contributed by atoms with Gasteiger partial charge in [-0.05, 0) is 49.3 Å². The van der Waals surface area contributed by atoms with Crippen LogP contribution in [0.15, 0.2) is 24.3 Å². The summed E-state index contributed by atoms with van der Waals surface area (Å²) in [6, 6.07) is 9.06. The summed E-state index contributed by atoms with van der Waals surface area (Å²) in [5.41, 5.74) is 1.31. The van der Waals surface area contributed by atoms with E-state index in [9.17, 15) is 0 Å². The number of hydrogen-bond acceptors (Lipinski definition) is 2. The summed E-state index contributed by atoms with van der Waals surface area (Å²) >= 11 is 0. The third kappa shape index (κ3) is 4.54. The summed E-state index contributed by atoms with van der Waals surface area (Å²) < 4.78 is 5.26. The van der Waals surface area contributed by atoms with Crippen LogP contribution in [0, 0.1) is 5.92 Å². The van der Waals surface area contributed by atoms with E-state index in [-0.39, 0.29) is 0 Å². The molecule has 0 amide bonds. The van der Waals surface area contributed by atoms with E-state index in [0.29, 0.717) is 6.04 Å². The van der Waals surface area contributed by atoms with Crippen molar-refractivity contribution in [2.75, 3.05) is 7.11 Å². The molecule has 19 heavy (non-hydrogen) atoms. The van der Waals surface area contributed by atoms with Crippen molar-refractivity contribution in [1.29, 1.82) is 0 Å². The first-order chi connectivity index (χ1) is 9.31. The summed E-state index contributed by atoms with van der Waals surface area (Å²) in [6.07, 6.45) is 8.26. The van der Waals surface area contributed by atoms with Crippen molar-refractivity contribution in [2.24, 2.45) is 5.92 Å². The monoisotopic (exact) mass is 261 g/mol. The maximum absolute atomic E-state index is 5.26. The number of nitrogens with one attached hydrogen (secondary N) is 1. The predicted molar refractivity (Wildman–Crippen MR) is 80.5 cm³/mol. The summed E-state index contributed by atoms with van der Waals surface area (Å²) in [4.78, 5) is 0. The Balaban J connectivity index is 1.74. The van der Waals surface area contributed by atoms with E-state index < -0.39 is 0 Å². The normalized spacial score (nSPS) is 23.3. The first-order valence-electron chi connectivity index (χ1n) is 7.68. The van der Waals surface area contributed by atoms with Crippen molar-refractivity contribution >= 4 is 0 Å². The third-order valence-electron chi connectivity index (χ3n) is 4.27. The molecular weight excluding hydrogens is 234 g/mol. The molecule has 0 spiro atoms. The van der Waals surface area contributed by atoms with Gasteiger partial charge in [0.2, 0.25) is 0 Å². The number of rotatable bonds is 6. The SMILES string of the molecule is CCCC1CCC(NCc2cccc(OC)c2)CC1. The van der Waals surface area contributed by atoms with Gasteiger partial charge in [0.25, 0.3) is 0 Å². The Hall–Kier alpha value is -1.02. The molecule has 1 fully saturated rings. The molecule has 0 bridgehead atoms. The molecule has 0 unspecified atom stereocenters. The number of benzene rings is 1. The molecule has 2 rings (SSSR count). The van der Waals surface area contributed by atoms with Crippen LogP contribution >= 0.6 is 0 Å². The third-order valence-corrected chi connectivity index (χ3v) is 4.27. The number of methoxy groups -OCH3 is 1. The molecule has 0 aliphatic heterocycles. The van der Waals surface area contributed by atoms with Crippen LogP contribution < -0.4 is 10.1 Å². The molecule has 0 atom stereocenters. The molecule has 0 saturated heterocycles. The van der Waals surface area contributed by atoms with Gasteiger partial charge >= 0.3 is 0 Å². The first kappa shape index (κ1) is 14.4. The molecule has 1 aliphatic rings. The minimum atomic E-state index is 0.708. The van der Waals surface area contributed by atoms with Crippen LogP contribution in [0.5, 0.6) is 5.75 Å². The van der Waals surface area contributed by atoms with E-state index in [0.717, 1.165) is 18.2 Å². The van der Waals surface area contributed by atoms with Crippen molar-refractivity contribution in [3.63, 3.8) is 0 Å². The van der Waals surface area contributed by atoms with Gasteiger partial charge in [0.05, 0.1) is 7.11 Å². The van der Waals surface area contributed by atoms with Crippen LogP contribution in [0.4, 0.5) is 0 Å². The maximum atomic E-state index is 5.26. The van der Waals surface area contributed by atoms with Crippen LogP contribution in [0.25, 0.3) is 0 Å². The van der Waals surface area contributed by atoms with E-state index in [2.05, 4.69) is 30.4 Å². The van der Waals surface area contributed by atoms with Crippen LogP contribution in [0.3, 0.4) is 0 Å². The molecule has 0 heterocycles. The van der Waals surface area contributed by atoms with Crippen LogP contribution in [-0.4, -0.2) is 13.2 Å². The van der Waals surface area contributed by atoms with Gasteiger partial charge in [0.15, 0.2) is 0 Å². The minimum absolute atomic E-state index is 0.708. The fourth-order valence-electron chi connectivity index (χ4n) is 3.11. The predicted octanol–water partition coefficient (Wildman–Crippen LogP) is 4.14. The Kier molecular flexibility index (Phi) is 5.71. The highest BCUT2D eigenvalue weighted by Crippen LogP contribution is 2.27. The zero-order valence-electron chi connectivity index (χ0n) is 12.3. The maximum Gasteiger partial charge on any atom is 0.119 e. The van der Waals surface area contributed by atoms with Gasteiger partial charge in [0.1, 0.15) is 5.75 Å². The minimum Gasteiger partial charge on any atom is -0.497 e. The molecule has 1 saturated carbocycles. The lowest BCUT2D eigenvalue weighted by molar-refractivity contribution is 0.277. The highest BCUT2D eigenvalue weighted by molar-refractivity contribution is 5.28. The van der Waals surface area contributed by atoms with Gasteiger partial charge < -0.3 is 10.1 Å². The van der Waals surface area contributed by atoms with Gasteiger partial charge in [-0.15, -0.1) is 0 Å². The molecule has 1 aromatic rings. The summed E-state index contributed by atoms with van der Waals surface area (Å²) in [7, 11) is 1.72. The lowest BCUT2D eigenvalue weighted by atomic mass is 9.83. The van der Waals surface area contributed by atoms with E-state index in [4.69, 9.17) is 4.74 Å². The van der Waals surface area contributed by atoms with E-state index in [1.807, 2.05) is 6.07 Å². The van der Waals surface area contributed by atoms with Crippen molar-refractivity contribution in [3.05, 3.63) is 29.8 Å². The second kappa shape index (κ2) is 7.54. The lowest BCUT2D eigenvalue weighted by Gasteiger charge is -2.29. The molecule has 1 N–H and O–H groups in total. The topological polar surface area (TPSA) is 21.3 Å². The highest BCUT2D eigenvalue weighted by atomic mass is 16.5. The Morgan fingerprint density at radius 1 is 1.21 bits per heavy atom. The van der Waals surface area contributed by atoms with Crippen LogP contribution in [0.2, 0.25) is 0 Å².